The van der Waals surface area contributed by atoms with Crippen molar-refractivity contribution >= 4 is 23.2 Å². The summed E-state index contributed by atoms with van der Waals surface area (Å²) < 4.78 is 4.82. The third-order valence-corrected chi connectivity index (χ3v) is 2.94. The number of nitrogens with one attached hydrogen (secondary N) is 2. The Morgan fingerprint density at radius 2 is 2.05 bits per heavy atom. The average Bonchev–Trinajstić information content (AvgIpc) is 2.51. The molecule has 1 aromatic carbocycles. The number of hydrogen-bond acceptors (Lipinski definition) is 5. The van der Waals surface area contributed by atoms with E-state index in [0.717, 1.165) is 0 Å². The SMILES string of the molecule is CCc1ccc(NC(=O)C(=O)NCCCOC)cc1[N+](=O)[O-]. The van der Waals surface area contributed by atoms with E-state index in [4.69, 9.17) is 4.74 Å². The highest BCUT2D eigenvalue weighted by atomic mass is 16.6. The normalized spacial score (nSPS) is 10.1. The molecule has 2 N–H and O–H groups in total. The molecule has 22 heavy (non-hydrogen) atoms. The van der Waals surface area contributed by atoms with Crippen molar-refractivity contribution in [1.29, 1.82) is 0 Å². The molecular formula is C14H19N3O5. The molecule has 0 spiro atoms. The third kappa shape index (κ3) is 5.13. The van der Waals surface area contributed by atoms with Gasteiger partial charge in [-0.2, -0.15) is 0 Å². The van der Waals surface area contributed by atoms with E-state index in [1.165, 1.54) is 12.1 Å². The highest BCUT2D eigenvalue weighted by molar-refractivity contribution is 6.39. The first-order valence-electron chi connectivity index (χ1n) is 6.85. The second-order valence-electron chi connectivity index (χ2n) is 4.51. The molecule has 0 saturated carbocycles. The predicted molar refractivity (Wildman–Crippen MR) is 80.6 cm³/mol. The zero-order valence-corrected chi connectivity index (χ0v) is 12.5. The van der Waals surface area contributed by atoms with Crippen LogP contribution in [0.3, 0.4) is 0 Å². The molecule has 0 aromatic heterocycles. The van der Waals surface area contributed by atoms with Crippen molar-refractivity contribution in [3.8, 4) is 0 Å². The molecule has 0 saturated heterocycles. The van der Waals surface area contributed by atoms with Gasteiger partial charge in [0, 0.05) is 37.6 Å². The number of carbonyl (C=O) groups is 2. The van der Waals surface area contributed by atoms with E-state index in [-0.39, 0.29) is 11.4 Å². The van der Waals surface area contributed by atoms with Crippen molar-refractivity contribution in [1.82, 2.24) is 5.32 Å². The number of nitro benzene ring substituents is 1. The molecule has 2 amide bonds. The van der Waals surface area contributed by atoms with Crippen LogP contribution in [0.1, 0.15) is 18.9 Å². The lowest BCUT2D eigenvalue weighted by Gasteiger charge is -2.07. The maximum absolute atomic E-state index is 11.7. The fourth-order valence-corrected chi connectivity index (χ4v) is 1.80. The van der Waals surface area contributed by atoms with Gasteiger partial charge in [0.15, 0.2) is 0 Å². The van der Waals surface area contributed by atoms with E-state index in [1.54, 1.807) is 20.1 Å². The average molecular weight is 309 g/mol. The number of benzene rings is 1. The standard InChI is InChI=1S/C14H19N3O5/c1-3-10-5-6-11(9-12(10)17(20)21)16-14(19)13(18)15-7-4-8-22-2/h5-6,9H,3-4,7-8H2,1-2H3,(H,15,18)(H,16,19). The predicted octanol–water partition coefficient (Wildman–Crippen LogP) is 1.25. The molecule has 8 nitrogen and oxygen atoms in total. The van der Waals surface area contributed by atoms with Crippen LogP contribution in [-0.2, 0) is 20.7 Å². The van der Waals surface area contributed by atoms with Crippen LogP contribution in [0.4, 0.5) is 11.4 Å². The van der Waals surface area contributed by atoms with E-state index >= 15 is 0 Å². The largest absolute Gasteiger partial charge is 0.385 e. The number of amides is 2. The number of methoxy groups -OCH3 is 1. The van der Waals surface area contributed by atoms with Crippen molar-refractivity contribution in [3.05, 3.63) is 33.9 Å². The Bertz CT molecular complexity index is 559. The van der Waals surface area contributed by atoms with Crippen molar-refractivity contribution in [3.63, 3.8) is 0 Å². The number of carbonyl (C=O) groups excluding carboxylic acids is 2. The number of rotatable bonds is 7. The molecule has 8 heteroatoms. The van der Waals surface area contributed by atoms with Gasteiger partial charge >= 0.3 is 11.8 Å². The van der Waals surface area contributed by atoms with Gasteiger partial charge in [0.25, 0.3) is 5.69 Å². The Labute approximate surface area is 128 Å². The summed E-state index contributed by atoms with van der Waals surface area (Å²) in [6.45, 7) is 2.59. The molecule has 0 radical (unpaired) electrons. The van der Waals surface area contributed by atoms with Gasteiger partial charge in [0.1, 0.15) is 0 Å². The van der Waals surface area contributed by atoms with E-state index in [9.17, 15) is 19.7 Å². The van der Waals surface area contributed by atoms with Crippen LogP contribution in [0.5, 0.6) is 0 Å². The first kappa shape index (κ1) is 17.6. The molecule has 0 aliphatic carbocycles. The number of ether oxygens (including phenoxy) is 1. The van der Waals surface area contributed by atoms with Gasteiger partial charge in [-0.05, 0) is 18.9 Å². The lowest BCUT2D eigenvalue weighted by Crippen LogP contribution is -2.36. The quantitative estimate of drug-likeness (QED) is 0.341. The summed E-state index contributed by atoms with van der Waals surface area (Å²) in [6.07, 6.45) is 1.09. The smallest absolute Gasteiger partial charge is 0.313 e. The molecule has 0 bridgehead atoms. The van der Waals surface area contributed by atoms with Crippen LogP contribution in [0.2, 0.25) is 0 Å². The molecule has 1 rings (SSSR count). The topological polar surface area (TPSA) is 111 Å². The van der Waals surface area contributed by atoms with E-state index in [0.29, 0.717) is 31.6 Å². The van der Waals surface area contributed by atoms with Gasteiger partial charge in [-0.25, -0.2) is 0 Å². The van der Waals surface area contributed by atoms with Crippen LogP contribution in [0.15, 0.2) is 18.2 Å². The van der Waals surface area contributed by atoms with Gasteiger partial charge in [-0.3, -0.25) is 19.7 Å². The molecule has 0 unspecified atom stereocenters. The fourth-order valence-electron chi connectivity index (χ4n) is 1.80. The maximum atomic E-state index is 11.7. The van der Waals surface area contributed by atoms with Crippen molar-refractivity contribution in [2.24, 2.45) is 0 Å². The summed E-state index contributed by atoms with van der Waals surface area (Å²) in [4.78, 5) is 33.7. The van der Waals surface area contributed by atoms with Crippen LogP contribution < -0.4 is 10.6 Å². The third-order valence-electron chi connectivity index (χ3n) is 2.94. The van der Waals surface area contributed by atoms with Crippen molar-refractivity contribution in [2.45, 2.75) is 19.8 Å². The van der Waals surface area contributed by atoms with Gasteiger partial charge in [0.05, 0.1) is 4.92 Å². The summed E-state index contributed by atoms with van der Waals surface area (Å²) >= 11 is 0. The molecule has 1 aromatic rings. The minimum atomic E-state index is -0.865. The second-order valence-corrected chi connectivity index (χ2v) is 4.51. The molecule has 0 heterocycles. The highest BCUT2D eigenvalue weighted by Crippen LogP contribution is 2.23. The van der Waals surface area contributed by atoms with Crippen LogP contribution >= 0.6 is 0 Å². The fraction of sp³-hybridized carbons (Fsp3) is 0.429. The monoisotopic (exact) mass is 309 g/mol. The zero-order chi connectivity index (χ0) is 16.5. The lowest BCUT2D eigenvalue weighted by atomic mass is 10.1. The van der Waals surface area contributed by atoms with Gasteiger partial charge < -0.3 is 15.4 Å². The van der Waals surface area contributed by atoms with Crippen molar-refractivity contribution in [2.75, 3.05) is 25.6 Å². The Kier molecular flexibility index (Phi) is 6.97. The minimum absolute atomic E-state index is 0.0826. The summed E-state index contributed by atoms with van der Waals surface area (Å²) in [7, 11) is 1.54. The Hall–Kier alpha value is -2.48. The maximum Gasteiger partial charge on any atom is 0.313 e. The summed E-state index contributed by atoms with van der Waals surface area (Å²) in [6, 6.07) is 4.33. The van der Waals surface area contributed by atoms with E-state index in [1.807, 2.05) is 0 Å². The van der Waals surface area contributed by atoms with Gasteiger partial charge in [-0.1, -0.05) is 13.0 Å². The second kappa shape index (κ2) is 8.73. The Morgan fingerprint density at radius 1 is 1.32 bits per heavy atom. The molecule has 0 fully saturated rings. The van der Waals surface area contributed by atoms with Gasteiger partial charge in [0.2, 0.25) is 0 Å². The van der Waals surface area contributed by atoms with Crippen LogP contribution in [0, 0.1) is 10.1 Å². The van der Waals surface area contributed by atoms with Gasteiger partial charge in [-0.15, -0.1) is 0 Å². The van der Waals surface area contributed by atoms with E-state index < -0.39 is 16.7 Å². The number of hydrogen-bond donors (Lipinski definition) is 2. The molecule has 0 aliphatic heterocycles. The molecular weight excluding hydrogens is 290 g/mol. The lowest BCUT2D eigenvalue weighted by molar-refractivity contribution is -0.385. The van der Waals surface area contributed by atoms with Crippen LogP contribution in [-0.4, -0.2) is 37.0 Å². The number of aryl methyl sites for hydroxylation is 1. The molecule has 0 aliphatic rings. The number of anilines is 1. The highest BCUT2D eigenvalue weighted by Gasteiger charge is 2.17. The first-order valence-corrected chi connectivity index (χ1v) is 6.85. The summed E-state index contributed by atoms with van der Waals surface area (Å²) in [5.41, 5.74) is 0.689. The molecule has 120 valence electrons. The minimum Gasteiger partial charge on any atom is -0.385 e. The zero-order valence-electron chi connectivity index (χ0n) is 12.5. The number of nitro groups is 1. The van der Waals surface area contributed by atoms with E-state index in [2.05, 4.69) is 10.6 Å². The first-order chi connectivity index (χ1) is 10.5. The summed E-state index contributed by atoms with van der Waals surface area (Å²) in [5, 5.41) is 15.7. The Morgan fingerprint density at radius 3 is 2.64 bits per heavy atom. The van der Waals surface area contributed by atoms with Crippen LogP contribution in [0.25, 0.3) is 0 Å². The van der Waals surface area contributed by atoms with Crippen molar-refractivity contribution < 1.29 is 19.2 Å². The molecule has 0 atom stereocenters. The Balaban J connectivity index is 2.66. The summed E-state index contributed by atoms with van der Waals surface area (Å²) in [5.74, 6) is -1.66. The number of nitrogens with zero attached hydrogens (tertiary/aromatic N) is 1.